The quantitative estimate of drug-likeness (QED) is 0.616. The lowest BCUT2D eigenvalue weighted by atomic mass is 10.1. The number of hydrogen-bond acceptors (Lipinski definition) is 4. The third-order valence-electron chi connectivity index (χ3n) is 3.14. The lowest BCUT2D eigenvalue weighted by Gasteiger charge is -2.36. The van der Waals surface area contributed by atoms with Gasteiger partial charge in [-0.3, -0.25) is 9.59 Å². The monoisotopic (exact) mass is 214 g/mol. The van der Waals surface area contributed by atoms with E-state index in [2.05, 4.69) is 0 Å². The SMILES string of the molecule is CN1c2ccccc2N(C)c2c1c(=O)c2=O. The Hall–Kier alpha value is -2.10. The molecule has 1 aliphatic heterocycles. The Kier molecular flexibility index (Phi) is 1.56. The molecule has 2 aromatic carbocycles. The largest absolute Gasteiger partial charge is 0.338 e. The van der Waals surface area contributed by atoms with Crippen LogP contribution in [-0.2, 0) is 0 Å². The van der Waals surface area contributed by atoms with Crippen molar-refractivity contribution in [3.63, 3.8) is 0 Å². The van der Waals surface area contributed by atoms with Crippen molar-refractivity contribution in [3.05, 3.63) is 44.7 Å². The van der Waals surface area contributed by atoms with Crippen molar-refractivity contribution < 1.29 is 0 Å². The van der Waals surface area contributed by atoms with E-state index in [1.165, 1.54) is 0 Å². The molecule has 0 fully saturated rings. The molecule has 0 saturated carbocycles. The van der Waals surface area contributed by atoms with Crippen molar-refractivity contribution in [2.75, 3.05) is 23.9 Å². The van der Waals surface area contributed by atoms with E-state index in [9.17, 15) is 9.59 Å². The number of rotatable bonds is 0. The minimum Gasteiger partial charge on any atom is -0.338 e. The highest BCUT2D eigenvalue weighted by atomic mass is 16.2. The van der Waals surface area contributed by atoms with Crippen LogP contribution in [0.4, 0.5) is 22.7 Å². The number of hydrogen-bond donors (Lipinski definition) is 0. The van der Waals surface area contributed by atoms with Crippen molar-refractivity contribution in [1.82, 2.24) is 0 Å². The van der Waals surface area contributed by atoms with Crippen LogP contribution in [-0.4, -0.2) is 14.1 Å². The summed E-state index contributed by atoms with van der Waals surface area (Å²) in [6, 6.07) is 7.71. The molecule has 0 saturated heterocycles. The summed E-state index contributed by atoms with van der Waals surface area (Å²) < 4.78 is 0. The molecule has 2 aromatic rings. The van der Waals surface area contributed by atoms with Crippen molar-refractivity contribution in [2.45, 2.75) is 0 Å². The van der Waals surface area contributed by atoms with Crippen molar-refractivity contribution in [1.29, 1.82) is 0 Å². The molecule has 4 heteroatoms. The van der Waals surface area contributed by atoms with Gasteiger partial charge in [-0.05, 0) is 12.1 Å². The third kappa shape index (κ3) is 0.845. The molecule has 0 radical (unpaired) electrons. The van der Waals surface area contributed by atoms with E-state index in [1.54, 1.807) is 9.80 Å². The molecule has 0 amide bonds. The molecule has 1 aliphatic rings. The molecule has 80 valence electrons. The van der Waals surface area contributed by atoms with Gasteiger partial charge in [-0.15, -0.1) is 0 Å². The van der Waals surface area contributed by atoms with Crippen LogP contribution in [0.25, 0.3) is 0 Å². The predicted molar refractivity (Wildman–Crippen MR) is 63.9 cm³/mol. The lowest BCUT2D eigenvalue weighted by molar-refractivity contribution is 1.05. The molecule has 0 N–H and O–H groups in total. The highest BCUT2D eigenvalue weighted by Gasteiger charge is 2.33. The minimum atomic E-state index is -0.390. The summed E-state index contributed by atoms with van der Waals surface area (Å²) in [7, 11) is 3.62. The Balaban J connectivity index is 2.32. The van der Waals surface area contributed by atoms with Gasteiger partial charge < -0.3 is 9.80 Å². The Morgan fingerprint density at radius 3 is 1.56 bits per heavy atom. The summed E-state index contributed by atoms with van der Waals surface area (Å²) in [6.07, 6.45) is 0. The third-order valence-corrected chi connectivity index (χ3v) is 3.14. The first-order valence-corrected chi connectivity index (χ1v) is 5.02. The Bertz CT molecular complexity index is 596. The van der Waals surface area contributed by atoms with Gasteiger partial charge in [0.1, 0.15) is 11.4 Å². The molecule has 0 unspecified atom stereocenters. The van der Waals surface area contributed by atoms with Crippen LogP contribution < -0.4 is 20.7 Å². The maximum atomic E-state index is 11.5. The molecule has 4 nitrogen and oxygen atoms in total. The number of benzene rings is 1. The summed E-state index contributed by atoms with van der Waals surface area (Å²) in [5.41, 5.74) is 2.13. The van der Waals surface area contributed by atoms with Gasteiger partial charge in [-0.25, -0.2) is 0 Å². The summed E-state index contributed by atoms with van der Waals surface area (Å²) in [6.45, 7) is 0. The van der Waals surface area contributed by atoms with Gasteiger partial charge in [0.25, 0.3) is 10.9 Å². The van der Waals surface area contributed by atoms with Crippen LogP contribution in [0.15, 0.2) is 33.9 Å². The summed E-state index contributed by atoms with van der Waals surface area (Å²) >= 11 is 0. The van der Waals surface area contributed by atoms with Gasteiger partial charge >= 0.3 is 0 Å². The molecule has 0 atom stereocenters. The molecule has 3 rings (SSSR count). The highest BCUT2D eigenvalue weighted by molar-refractivity contribution is 5.94. The number of para-hydroxylation sites is 2. The molecule has 0 aliphatic carbocycles. The topological polar surface area (TPSA) is 40.6 Å². The molecular weight excluding hydrogens is 204 g/mol. The van der Waals surface area contributed by atoms with Crippen LogP contribution in [0, 0.1) is 0 Å². The maximum Gasteiger partial charge on any atom is 0.253 e. The van der Waals surface area contributed by atoms with E-state index in [4.69, 9.17) is 0 Å². The molecular formula is C12H10N2O2. The van der Waals surface area contributed by atoms with Gasteiger partial charge in [0, 0.05) is 14.1 Å². The van der Waals surface area contributed by atoms with Crippen molar-refractivity contribution >= 4 is 22.7 Å². The second-order valence-electron chi connectivity index (χ2n) is 3.96. The number of fused-ring (bicyclic) bond motifs is 2. The minimum absolute atomic E-state index is 0.390. The van der Waals surface area contributed by atoms with Gasteiger partial charge in [0.15, 0.2) is 0 Å². The van der Waals surface area contributed by atoms with E-state index in [0.717, 1.165) is 11.4 Å². The zero-order chi connectivity index (χ0) is 11.4. The average molecular weight is 214 g/mol. The zero-order valence-corrected chi connectivity index (χ0v) is 9.02. The molecule has 0 aromatic heterocycles. The first-order valence-electron chi connectivity index (χ1n) is 5.02. The van der Waals surface area contributed by atoms with Crippen molar-refractivity contribution in [3.8, 4) is 0 Å². The van der Waals surface area contributed by atoms with E-state index in [1.807, 2.05) is 38.4 Å². The van der Waals surface area contributed by atoms with Gasteiger partial charge in [0.2, 0.25) is 0 Å². The van der Waals surface area contributed by atoms with E-state index in [0.29, 0.717) is 11.4 Å². The fourth-order valence-electron chi connectivity index (χ4n) is 2.26. The Morgan fingerprint density at radius 2 is 1.19 bits per heavy atom. The standard InChI is InChI=1S/C12H10N2O2/c1-13-7-5-3-4-6-8(7)14(2)10-9(13)11(15)12(10)16/h3-6H,1-2H3. The summed E-state index contributed by atoms with van der Waals surface area (Å²) in [4.78, 5) is 26.5. The Labute approximate surface area is 92.0 Å². The zero-order valence-electron chi connectivity index (χ0n) is 9.02. The van der Waals surface area contributed by atoms with Crippen LogP contribution in [0.1, 0.15) is 0 Å². The fourth-order valence-corrected chi connectivity index (χ4v) is 2.26. The number of nitrogens with zero attached hydrogens (tertiary/aromatic N) is 2. The second-order valence-corrected chi connectivity index (χ2v) is 3.96. The number of anilines is 4. The molecule has 0 bridgehead atoms. The van der Waals surface area contributed by atoms with Crippen molar-refractivity contribution in [2.24, 2.45) is 0 Å². The Morgan fingerprint density at radius 1 is 0.812 bits per heavy atom. The van der Waals surface area contributed by atoms with E-state index >= 15 is 0 Å². The second kappa shape index (κ2) is 2.72. The predicted octanol–water partition coefficient (Wildman–Crippen LogP) is 1.13. The molecule has 0 spiro atoms. The molecule has 1 heterocycles. The smallest absolute Gasteiger partial charge is 0.253 e. The summed E-state index contributed by atoms with van der Waals surface area (Å²) in [5.74, 6) is 0. The van der Waals surface area contributed by atoms with Gasteiger partial charge in [-0.2, -0.15) is 0 Å². The van der Waals surface area contributed by atoms with Crippen LogP contribution in [0.3, 0.4) is 0 Å². The molecule has 16 heavy (non-hydrogen) atoms. The average Bonchev–Trinajstić information content (AvgIpc) is 2.32. The van der Waals surface area contributed by atoms with Gasteiger partial charge in [-0.1, -0.05) is 12.1 Å². The van der Waals surface area contributed by atoms with Crippen LogP contribution in [0.5, 0.6) is 0 Å². The van der Waals surface area contributed by atoms with Crippen LogP contribution >= 0.6 is 0 Å². The van der Waals surface area contributed by atoms with Gasteiger partial charge in [0.05, 0.1) is 11.4 Å². The lowest BCUT2D eigenvalue weighted by Crippen LogP contribution is -2.44. The summed E-state index contributed by atoms with van der Waals surface area (Å²) in [5, 5.41) is 0. The fraction of sp³-hybridized carbons (Fsp3) is 0.167. The highest BCUT2D eigenvalue weighted by Crippen LogP contribution is 2.43. The van der Waals surface area contributed by atoms with E-state index in [-0.39, 0.29) is 10.9 Å². The first-order chi connectivity index (χ1) is 7.63. The first kappa shape index (κ1) is 9.15. The van der Waals surface area contributed by atoms with E-state index < -0.39 is 0 Å². The maximum absolute atomic E-state index is 11.5. The van der Waals surface area contributed by atoms with Crippen LogP contribution in [0.2, 0.25) is 0 Å². The normalized spacial score (nSPS) is 13.9.